The van der Waals surface area contributed by atoms with Gasteiger partial charge in [-0.25, -0.2) is 0 Å². The molecule has 7 nitrogen and oxygen atoms in total. The maximum absolute atomic E-state index is 12.2. The maximum Gasteiger partial charge on any atom is 0.279 e. The van der Waals surface area contributed by atoms with Crippen molar-refractivity contribution in [3.8, 4) is 5.75 Å². The number of nitrogens with one attached hydrogen (secondary N) is 2. The number of hydrogen-bond acceptors (Lipinski definition) is 5. The Kier molecular flexibility index (Phi) is 4.49. The number of sulfonamides is 1. The zero-order valence-electron chi connectivity index (χ0n) is 11.8. The fourth-order valence-corrected chi connectivity index (χ4v) is 2.96. The van der Waals surface area contributed by atoms with Crippen molar-refractivity contribution < 1.29 is 13.2 Å². The smallest absolute Gasteiger partial charge is 0.279 e. The maximum atomic E-state index is 12.2. The minimum atomic E-state index is -3.74. The van der Waals surface area contributed by atoms with Crippen molar-refractivity contribution in [2.45, 2.75) is 31.5 Å². The molecule has 1 aromatic heterocycles. The molecule has 0 spiro atoms. The SMILES string of the molecule is CC(C)Oc1ccc(NS(=O)(=O)c2[nH]ncc2CN)cc1. The Labute approximate surface area is 123 Å². The van der Waals surface area contributed by atoms with E-state index in [0.29, 0.717) is 17.0 Å². The number of nitrogens with two attached hydrogens (primary N) is 1. The van der Waals surface area contributed by atoms with Gasteiger partial charge >= 0.3 is 0 Å². The average molecular weight is 310 g/mol. The topological polar surface area (TPSA) is 110 Å². The summed E-state index contributed by atoms with van der Waals surface area (Å²) in [7, 11) is -3.74. The number of aromatic amines is 1. The largest absolute Gasteiger partial charge is 0.491 e. The van der Waals surface area contributed by atoms with E-state index >= 15 is 0 Å². The summed E-state index contributed by atoms with van der Waals surface area (Å²) in [4.78, 5) is 0. The number of H-pyrrole nitrogens is 1. The van der Waals surface area contributed by atoms with Gasteiger partial charge in [0.05, 0.1) is 12.3 Å². The molecule has 2 rings (SSSR count). The molecule has 2 aromatic rings. The van der Waals surface area contributed by atoms with E-state index in [4.69, 9.17) is 10.5 Å². The zero-order chi connectivity index (χ0) is 15.5. The van der Waals surface area contributed by atoms with Gasteiger partial charge in [-0.2, -0.15) is 13.5 Å². The lowest BCUT2D eigenvalue weighted by Gasteiger charge is -2.11. The van der Waals surface area contributed by atoms with Crippen molar-refractivity contribution in [3.05, 3.63) is 36.0 Å². The second-order valence-electron chi connectivity index (χ2n) is 4.72. The summed E-state index contributed by atoms with van der Waals surface area (Å²) in [5.41, 5.74) is 6.35. The number of ether oxygens (including phenoxy) is 1. The van der Waals surface area contributed by atoms with Gasteiger partial charge in [0.2, 0.25) is 0 Å². The summed E-state index contributed by atoms with van der Waals surface area (Å²) in [6.45, 7) is 3.93. The highest BCUT2D eigenvalue weighted by Gasteiger charge is 2.20. The predicted octanol–water partition coefficient (Wildman–Crippen LogP) is 1.46. The molecule has 1 aromatic carbocycles. The van der Waals surface area contributed by atoms with Gasteiger partial charge in [0.1, 0.15) is 5.75 Å². The molecule has 0 aliphatic carbocycles. The third-order valence-corrected chi connectivity index (χ3v) is 4.04. The Hall–Kier alpha value is -2.06. The van der Waals surface area contributed by atoms with Crippen molar-refractivity contribution >= 4 is 15.7 Å². The van der Waals surface area contributed by atoms with Crippen LogP contribution in [0.2, 0.25) is 0 Å². The first-order chi connectivity index (χ1) is 9.92. The van der Waals surface area contributed by atoms with Gasteiger partial charge < -0.3 is 10.5 Å². The van der Waals surface area contributed by atoms with Gasteiger partial charge in [-0.1, -0.05) is 0 Å². The van der Waals surface area contributed by atoms with Crippen molar-refractivity contribution in [1.82, 2.24) is 10.2 Å². The highest BCUT2D eigenvalue weighted by Crippen LogP contribution is 2.20. The van der Waals surface area contributed by atoms with Gasteiger partial charge in [0.15, 0.2) is 5.03 Å². The van der Waals surface area contributed by atoms with Crippen LogP contribution in [-0.2, 0) is 16.6 Å². The van der Waals surface area contributed by atoms with Crippen LogP contribution >= 0.6 is 0 Å². The molecule has 0 saturated heterocycles. The number of rotatable bonds is 6. The van der Waals surface area contributed by atoms with Gasteiger partial charge in [-0.15, -0.1) is 0 Å². The molecule has 0 bridgehead atoms. The fraction of sp³-hybridized carbons (Fsp3) is 0.308. The first kappa shape index (κ1) is 15.3. The predicted molar refractivity (Wildman–Crippen MR) is 79.5 cm³/mol. The number of hydrogen-bond donors (Lipinski definition) is 3. The lowest BCUT2D eigenvalue weighted by molar-refractivity contribution is 0.242. The molecule has 0 aliphatic rings. The summed E-state index contributed by atoms with van der Waals surface area (Å²) < 4.78 is 32.4. The Morgan fingerprint density at radius 3 is 2.57 bits per heavy atom. The van der Waals surface area contributed by atoms with Crippen molar-refractivity contribution in [2.75, 3.05) is 4.72 Å². The Bertz CT molecular complexity index is 692. The van der Waals surface area contributed by atoms with E-state index in [9.17, 15) is 8.42 Å². The molecule has 0 radical (unpaired) electrons. The molecule has 0 saturated carbocycles. The second kappa shape index (κ2) is 6.15. The monoisotopic (exact) mass is 310 g/mol. The van der Waals surface area contributed by atoms with Crippen LogP contribution in [-0.4, -0.2) is 24.7 Å². The summed E-state index contributed by atoms with van der Waals surface area (Å²) in [5, 5.41) is 6.13. The zero-order valence-corrected chi connectivity index (χ0v) is 12.6. The molecule has 0 fully saturated rings. The summed E-state index contributed by atoms with van der Waals surface area (Å²) in [5.74, 6) is 0.678. The van der Waals surface area contributed by atoms with E-state index < -0.39 is 10.0 Å². The summed E-state index contributed by atoms with van der Waals surface area (Å²) in [6.07, 6.45) is 1.46. The number of benzene rings is 1. The van der Waals surface area contributed by atoms with Crippen LogP contribution in [0.25, 0.3) is 0 Å². The number of aromatic nitrogens is 2. The highest BCUT2D eigenvalue weighted by molar-refractivity contribution is 7.92. The van der Waals surface area contributed by atoms with Gasteiger partial charge in [-0.05, 0) is 38.1 Å². The van der Waals surface area contributed by atoms with Crippen molar-refractivity contribution in [3.63, 3.8) is 0 Å². The molecule has 4 N–H and O–H groups in total. The van der Waals surface area contributed by atoms with Gasteiger partial charge in [0, 0.05) is 17.8 Å². The molecule has 1 heterocycles. The molecular formula is C13H18N4O3S. The average Bonchev–Trinajstić information content (AvgIpc) is 2.89. The molecule has 0 aliphatic heterocycles. The lowest BCUT2D eigenvalue weighted by atomic mass is 10.3. The van der Waals surface area contributed by atoms with Crippen LogP contribution in [0.5, 0.6) is 5.75 Å². The molecule has 0 unspecified atom stereocenters. The lowest BCUT2D eigenvalue weighted by Crippen LogP contribution is -2.16. The van der Waals surface area contributed by atoms with Crippen LogP contribution in [0.4, 0.5) is 5.69 Å². The quantitative estimate of drug-likeness (QED) is 0.748. The van der Waals surface area contributed by atoms with Crippen LogP contribution in [0.1, 0.15) is 19.4 Å². The molecule has 8 heteroatoms. The van der Waals surface area contributed by atoms with Crippen molar-refractivity contribution in [1.29, 1.82) is 0 Å². The molecule has 0 atom stereocenters. The molecular weight excluding hydrogens is 292 g/mol. The van der Waals surface area contributed by atoms with Crippen LogP contribution in [0.3, 0.4) is 0 Å². The van der Waals surface area contributed by atoms with E-state index in [1.54, 1.807) is 24.3 Å². The first-order valence-electron chi connectivity index (χ1n) is 6.44. The summed E-state index contributed by atoms with van der Waals surface area (Å²) in [6, 6.07) is 6.67. The van der Waals surface area contributed by atoms with E-state index in [1.807, 2.05) is 13.8 Å². The molecule has 0 amide bonds. The Morgan fingerprint density at radius 2 is 2.00 bits per heavy atom. The van der Waals surface area contributed by atoms with Crippen LogP contribution in [0.15, 0.2) is 35.5 Å². The van der Waals surface area contributed by atoms with Crippen molar-refractivity contribution in [2.24, 2.45) is 5.73 Å². The molecule has 21 heavy (non-hydrogen) atoms. The van der Waals surface area contributed by atoms with Gasteiger partial charge in [-0.3, -0.25) is 9.82 Å². The molecule has 114 valence electrons. The third kappa shape index (κ3) is 3.73. The van der Waals surface area contributed by atoms with Crippen LogP contribution < -0.4 is 15.2 Å². The number of anilines is 1. The fourth-order valence-electron chi connectivity index (χ4n) is 1.76. The van der Waals surface area contributed by atoms with E-state index in [2.05, 4.69) is 14.9 Å². The van der Waals surface area contributed by atoms with E-state index in [1.165, 1.54) is 6.20 Å². The number of nitrogens with zero attached hydrogens (tertiary/aromatic N) is 1. The highest BCUT2D eigenvalue weighted by atomic mass is 32.2. The van der Waals surface area contributed by atoms with E-state index in [-0.39, 0.29) is 17.7 Å². The summed E-state index contributed by atoms with van der Waals surface area (Å²) >= 11 is 0. The van der Waals surface area contributed by atoms with Crippen LogP contribution in [0, 0.1) is 0 Å². The first-order valence-corrected chi connectivity index (χ1v) is 7.92. The minimum absolute atomic E-state index is 0.0208. The minimum Gasteiger partial charge on any atom is -0.491 e. The Balaban J connectivity index is 2.17. The van der Waals surface area contributed by atoms with E-state index in [0.717, 1.165) is 0 Å². The van der Waals surface area contributed by atoms with Gasteiger partial charge in [0.25, 0.3) is 10.0 Å². The third-order valence-electron chi connectivity index (χ3n) is 2.65. The Morgan fingerprint density at radius 1 is 1.33 bits per heavy atom. The second-order valence-corrected chi connectivity index (χ2v) is 6.34. The normalized spacial score (nSPS) is 11.6. The standard InChI is InChI=1S/C13H18N4O3S/c1-9(2)20-12-5-3-11(4-6-12)17-21(18,19)13-10(7-14)8-15-16-13/h3-6,8-9,17H,7,14H2,1-2H3,(H,15,16).